The van der Waals surface area contributed by atoms with Crippen LogP contribution in [0.1, 0.15) is 0 Å². The molecule has 12 nitrogen and oxygen atoms in total. The van der Waals surface area contributed by atoms with Crippen LogP contribution in [-0.2, 0) is 0 Å². The van der Waals surface area contributed by atoms with Crippen molar-refractivity contribution in [3.63, 3.8) is 0 Å². The van der Waals surface area contributed by atoms with E-state index >= 15 is 0 Å². The lowest BCUT2D eigenvalue weighted by molar-refractivity contribution is -0.916. The van der Waals surface area contributed by atoms with Gasteiger partial charge in [0.15, 0.2) is 5.96 Å². The minimum atomic E-state index is -1.07. The number of nitrogens with zero attached hydrogens (tertiary/aromatic N) is 1. The van der Waals surface area contributed by atoms with E-state index in [4.69, 9.17) is 39.4 Å². The molecular formula is C3H17N12+. The summed E-state index contributed by atoms with van der Waals surface area (Å²) in [6.07, 6.45) is 0. The minimum Gasteiger partial charge on any atom is -0.370 e. The molecule has 0 aliphatic heterocycles. The largest absolute Gasteiger partial charge is 0.370 e. The Bertz CT molecular complexity index is 235. The number of hydrogen-bond donors (Lipinski definition) is 11. The van der Waals surface area contributed by atoms with Crippen molar-refractivity contribution in [2.45, 2.75) is 0 Å². The number of quaternary nitrogens is 1. The summed E-state index contributed by atoms with van der Waals surface area (Å²) < 4.78 is 0. The predicted octanol–water partition coefficient (Wildman–Crippen LogP) is -4.81. The number of hydrogen-bond acceptors (Lipinski definition) is 6. The molecule has 0 unspecified atom stereocenters. The molecule has 0 amide bonds. The van der Waals surface area contributed by atoms with E-state index in [-0.39, 0.29) is 11.9 Å². The highest BCUT2D eigenvalue weighted by molar-refractivity contribution is 5.73. The lowest BCUT2D eigenvalue weighted by atomic mass is 11.0. The zero-order chi connectivity index (χ0) is 12.6. The number of nitrogens with two attached hydrogens (primary N) is 6. The molecule has 0 saturated carbocycles. The number of guanidine groups is 3. The van der Waals surface area contributed by atoms with Crippen molar-refractivity contribution in [1.82, 2.24) is 11.0 Å². The Morgan fingerprint density at radius 1 is 0.933 bits per heavy atom. The Balaban J connectivity index is 0. The van der Waals surface area contributed by atoms with E-state index in [1.807, 2.05) is 0 Å². The van der Waals surface area contributed by atoms with Crippen LogP contribution in [0.5, 0.6) is 0 Å². The van der Waals surface area contributed by atoms with Gasteiger partial charge in [-0.15, -0.1) is 11.7 Å². The van der Waals surface area contributed by atoms with Crippen LogP contribution in [0.15, 0.2) is 0 Å². The van der Waals surface area contributed by atoms with Crippen LogP contribution in [0.4, 0.5) is 0 Å². The van der Waals surface area contributed by atoms with Crippen molar-refractivity contribution < 1.29 is 4.81 Å². The van der Waals surface area contributed by atoms with E-state index in [0.717, 1.165) is 0 Å². The smallest absolute Gasteiger partial charge is 0.354 e. The van der Waals surface area contributed by atoms with Gasteiger partial charge >= 0.3 is 5.96 Å². The van der Waals surface area contributed by atoms with Crippen LogP contribution in [0.3, 0.4) is 0 Å². The highest BCUT2D eigenvalue weighted by atomic mass is 16.0. The van der Waals surface area contributed by atoms with E-state index in [1.165, 1.54) is 0 Å². The van der Waals surface area contributed by atoms with Crippen molar-refractivity contribution in [3.8, 4) is 0 Å². The van der Waals surface area contributed by atoms with Gasteiger partial charge in [0.05, 0.1) is 0 Å². The van der Waals surface area contributed by atoms with Gasteiger partial charge in [-0.1, -0.05) is 0 Å². The van der Waals surface area contributed by atoms with Gasteiger partial charge in [-0.05, 0) is 10.3 Å². The molecule has 0 fully saturated rings. The monoisotopic (exact) mass is 221 g/mol. The Hall–Kier alpha value is -2.15. The van der Waals surface area contributed by atoms with E-state index in [1.54, 1.807) is 0 Å². The Morgan fingerprint density at radius 2 is 1.27 bits per heavy atom. The molecule has 0 saturated heterocycles. The summed E-state index contributed by atoms with van der Waals surface area (Å²) in [4.78, 5) is -1.07. The van der Waals surface area contributed by atoms with E-state index in [9.17, 15) is 0 Å². The predicted molar refractivity (Wildman–Crippen MR) is 54.8 cm³/mol. The maximum Gasteiger partial charge on any atom is 0.354 e. The molecule has 0 atom stereocenters. The Morgan fingerprint density at radius 3 is 1.47 bits per heavy atom. The second-order valence-corrected chi connectivity index (χ2v) is 2.27. The first-order valence-corrected chi connectivity index (χ1v) is 3.37. The van der Waals surface area contributed by atoms with E-state index in [0.29, 0.717) is 0 Å². The van der Waals surface area contributed by atoms with Gasteiger partial charge in [0, 0.05) is 0 Å². The average molecular weight is 221 g/mol. The SMILES string of the molecule is N=C(N)N.N=C(N)NN[N+](N)(N)C(=N)N. The number of nitrogens with one attached hydrogen (secondary N) is 5. The molecule has 0 aliphatic rings. The van der Waals surface area contributed by atoms with Gasteiger partial charge in [-0.3, -0.25) is 10.8 Å². The topological polar surface area (TPSA) is 252 Å². The normalized spacial score (nSPS) is 9.47. The van der Waals surface area contributed by atoms with Crippen LogP contribution in [0.2, 0.25) is 0 Å². The highest BCUT2D eigenvalue weighted by Gasteiger charge is 2.22. The molecule has 0 heterocycles. The Kier molecular flexibility index (Phi) is 6.46. The minimum absolute atomic E-state index is 0.333. The molecule has 0 radical (unpaired) electrons. The summed E-state index contributed by atoms with van der Waals surface area (Å²) in [6.45, 7) is 0. The third kappa shape index (κ3) is 11.9. The lowest BCUT2D eigenvalue weighted by Gasteiger charge is -2.22. The van der Waals surface area contributed by atoms with Gasteiger partial charge in [0.1, 0.15) is 0 Å². The van der Waals surface area contributed by atoms with E-state index < -0.39 is 10.8 Å². The van der Waals surface area contributed by atoms with Crippen LogP contribution < -0.4 is 45.6 Å². The van der Waals surface area contributed by atoms with Crippen molar-refractivity contribution in [2.24, 2.45) is 34.6 Å². The second-order valence-electron chi connectivity index (χ2n) is 2.27. The first-order chi connectivity index (χ1) is 6.59. The van der Waals surface area contributed by atoms with Crippen molar-refractivity contribution in [3.05, 3.63) is 0 Å². The van der Waals surface area contributed by atoms with Crippen LogP contribution in [0, 0.1) is 16.2 Å². The van der Waals surface area contributed by atoms with Crippen molar-refractivity contribution in [1.29, 1.82) is 16.2 Å². The maximum absolute atomic E-state index is 6.83. The third-order valence-corrected chi connectivity index (χ3v) is 0.774. The quantitative estimate of drug-likeness (QED) is 0.0706. The molecular weight excluding hydrogens is 204 g/mol. The molecule has 88 valence electrons. The first-order valence-electron chi connectivity index (χ1n) is 3.37. The Labute approximate surface area is 85.5 Å². The van der Waals surface area contributed by atoms with Gasteiger partial charge in [0.25, 0.3) is 0 Å². The first kappa shape index (κ1) is 15.3. The zero-order valence-corrected chi connectivity index (χ0v) is 7.91. The molecule has 0 rings (SSSR count). The van der Waals surface area contributed by atoms with Gasteiger partial charge in [-0.25, -0.2) is 10.8 Å². The summed E-state index contributed by atoms with van der Waals surface area (Å²) >= 11 is 0. The van der Waals surface area contributed by atoms with Crippen molar-refractivity contribution in [2.75, 3.05) is 0 Å². The lowest BCUT2D eigenvalue weighted by Crippen LogP contribution is -2.77. The molecule has 12 heteroatoms. The zero-order valence-electron chi connectivity index (χ0n) is 7.91. The maximum atomic E-state index is 6.83. The number of hydrazine groups is 1. The van der Waals surface area contributed by atoms with Gasteiger partial charge < -0.3 is 22.9 Å². The van der Waals surface area contributed by atoms with Gasteiger partial charge in [0.2, 0.25) is 5.96 Å². The van der Waals surface area contributed by atoms with Crippen LogP contribution >= 0.6 is 0 Å². The molecule has 0 aliphatic carbocycles. The molecule has 0 spiro atoms. The summed E-state index contributed by atoms with van der Waals surface area (Å²) in [5.74, 6) is 9.05. The fourth-order valence-electron chi connectivity index (χ4n) is 0.213. The summed E-state index contributed by atoms with van der Waals surface area (Å²) in [5, 5.41) is 19.6. The summed E-state index contributed by atoms with van der Waals surface area (Å²) in [6, 6.07) is 0. The van der Waals surface area contributed by atoms with Gasteiger partial charge in [-0.2, -0.15) is 0 Å². The molecule has 0 aromatic carbocycles. The highest BCUT2D eigenvalue weighted by Crippen LogP contribution is 1.71. The molecule has 17 N–H and O–H groups in total. The number of rotatable bonds is 2. The molecule has 0 bridgehead atoms. The molecule has 0 aromatic heterocycles. The van der Waals surface area contributed by atoms with Crippen LogP contribution in [-0.4, -0.2) is 22.7 Å². The van der Waals surface area contributed by atoms with E-state index in [2.05, 4.69) is 22.4 Å². The standard InChI is InChI=1S/C2H12N9.CH5N3/c3-1(4)9-10-11(7,8)2(5)6;2-1(3)4/h10H,7-8H2,(H3,5,6)(H4,3,4,9);(H5,2,3,4)/q+1;. The fourth-order valence-corrected chi connectivity index (χ4v) is 0.213. The summed E-state index contributed by atoms with van der Waals surface area (Å²) in [5.41, 5.74) is 23.0. The molecule has 15 heavy (non-hydrogen) atoms. The van der Waals surface area contributed by atoms with Crippen LogP contribution in [0.25, 0.3) is 0 Å². The second kappa shape index (κ2) is 6.33. The fraction of sp³-hybridized carbons (Fsp3) is 0. The molecule has 0 aromatic rings. The average Bonchev–Trinajstić information content (AvgIpc) is 1.99. The summed E-state index contributed by atoms with van der Waals surface area (Å²) in [7, 11) is 0. The third-order valence-electron chi connectivity index (χ3n) is 0.774. The van der Waals surface area contributed by atoms with Crippen molar-refractivity contribution >= 4 is 17.9 Å².